The van der Waals surface area contributed by atoms with Crippen molar-refractivity contribution < 1.29 is 9.53 Å². The lowest BCUT2D eigenvalue weighted by Crippen LogP contribution is -2.41. The van der Waals surface area contributed by atoms with E-state index in [0.29, 0.717) is 18.5 Å². The third-order valence-corrected chi connectivity index (χ3v) is 2.98. The Morgan fingerprint density at radius 1 is 1.67 bits per heavy atom. The number of hydrogen-bond donors (Lipinski definition) is 1. The van der Waals surface area contributed by atoms with Gasteiger partial charge in [-0.1, -0.05) is 0 Å². The molecule has 0 aliphatic carbocycles. The van der Waals surface area contributed by atoms with Crippen LogP contribution in [0.4, 0.5) is 0 Å². The first-order chi connectivity index (χ1) is 6.60. The fraction of sp³-hybridized carbons (Fsp3) is 0.900. The van der Waals surface area contributed by atoms with Crippen LogP contribution in [0.5, 0.6) is 0 Å². The average molecular weight is 237 g/mol. The van der Waals surface area contributed by atoms with Crippen LogP contribution in [-0.2, 0) is 9.53 Å². The lowest BCUT2D eigenvalue weighted by Gasteiger charge is -2.24. The first-order valence-corrected chi connectivity index (χ1v) is 5.13. The number of hydrogen-bond acceptors (Lipinski definition) is 3. The summed E-state index contributed by atoms with van der Waals surface area (Å²) in [5.74, 6) is 0.536. The first-order valence-electron chi connectivity index (χ1n) is 5.13. The Morgan fingerprint density at radius 2 is 2.27 bits per heavy atom. The van der Waals surface area contributed by atoms with Crippen LogP contribution < -0.4 is 5.73 Å². The van der Waals surface area contributed by atoms with Crippen molar-refractivity contribution in [1.29, 1.82) is 0 Å². The van der Waals surface area contributed by atoms with Crippen LogP contribution in [0, 0.1) is 5.92 Å². The zero-order valence-electron chi connectivity index (χ0n) is 9.60. The SMILES string of the molecule is COC(C)C(=O)N1CC(CN)CC1C.Cl. The van der Waals surface area contributed by atoms with E-state index in [0.717, 1.165) is 13.0 Å². The second-order valence-electron chi connectivity index (χ2n) is 4.05. The molecule has 2 N–H and O–H groups in total. The molecule has 0 spiro atoms. The smallest absolute Gasteiger partial charge is 0.251 e. The van der Waals surface area contributed by atoms with E-state index in [2.05, 4.69) is 6.92 Å². The van der Waals surface area contributed by atoms with Crippen molar-refractivity contribution in [3.05, 3.63) is 0 Å². The minimum atomic E-state index is -0.339. The quantitative estimate of drug-likeness (QED) is 0.783. The van der Waals surface area contributed by atoms with Gasteiger partial charge in [0, 0.05) is 19.7 Å². The van der Waals surface area contributed by atoms with E-state index < -0.39 is 0 Å². The number of carbonyl (C=O) groups excluding carboxylic acids is 1. The highest BCUT2D eigenvalue weighted by molar-refractivity contribution is 5.85. The van der Waals surface area contributed by atoms with E-state index >= 15 is 0 Å². The molecule has 1 amide bonds. The highest BCUT2D eigenvalue weighted by atomic mass is 35.5. The Bertz CT molecular complexity index is 214. The van der Waals surface area contributed by atoms with Crippen molar-refractivity contribution in [3.8, 4) is 0 Å². The molecular weight excluding hydrogens is 216 g/mol. The highest BCUT2D eigenvalue weighted by Gasteiger charge is 2.33. The molecule has 0 aromatic rings. The maximum Gasteiger partial charge on any atom is 0.251 e. The number of carbonyl (C=O) groups is 1. The van der Waals surface area contributed by atoms with E-state index in [9.17, 15) is 4.79 Å². The molecule has 3 atom stereocenters. The van der Waals surface area contributed by atoms with Crippen molar-refractivity contribution >= 4 is 18.3 Å². The van der Waals surface area contributed by atoms with Gasteiger partial charge in [0.2, 0.25) is 0 Å². The molecule has 15 heavy (non-hydrogen) atoms. The van der Waals surface area contributed by atoms with Gasteiger partial charge in [-0.25, -0.2) is 0 Å². The second kappa shape index (κ2) is 6.30. The fourth-order valence-corrected chi connectivity index (χ4v) is 1.95. The van der Waals surface area contributed by atoms with Crippen LogP contribution in [0.25, 0.3) is 0 Å². The molecule has 1 rings (SSSR count). The average Bonchev–Trinajstić information content (AvgIpc) is 2.57. The van der Waals surface area contributed by atoms with Gasteiger partial charge in [-0.05, 0) is 32.7 Å². The summed E-state index contributed by atoms with van der Waals surface area (Å²) in [5, 5.41) is 0. The number of ether oxygens (including phenoxy) is 1. The summed E-state index contributed by atoms with van der Waals surface area (Å²) in [6, 6.07) is 0.300. The Labute approximate surface area is 97.5 Å². The van der Waals surface area contributed by atoms with Gasteiger partial charge in [0.15, 0.2) is 0 Å². The Morgan fingerprint density at radius 3 is 2.67 bits per heavy atom. The summed E-state index contributed by atoms with van der Waals surface area (Å²) in [6.45, 7) is 5.29. The predicted molar refractivity (Wildman–Crippen MR) is 62.1 cm³/mol. The molecule has 1 saturated heterocycles. The lowest BCUT2D eigenvalue weighted by molar-refractivity contribution is -0.141. The molecule has 0 aromatic carbocycles. The number of nitrogens with zero attached hydrogens (tertiary/aromatic N) is 1. The lowest BCUT2D eigenvalue weighted by atomic mass is 10.1. The molecule has 1 aliphatic rings. The molecule has 1 heterocycles. The zero-order valence-corrected chi connectivity index (χ0v) is 10.4. The van der Waals surface area contributed by atoms with Crippen LogP contribution in [0.3, 0.4) is 0 Å². The van der Waals surface area contributed by atoms with Crippen LogP contribution in [-0.4, -0.2) is 43.2 Å². The third-order valence-electron chi connectivity index (χ3n) is 2.98. The Balaban J connectivity index is 0.00000196. The number of methoxy groups -OCH3 is 1. The number of halogens is 1. The highest BCUT2D eigenvalue weighted by Crippen LogP contribution is 2.22. The molecule has 0 aromatic heterocycles. The summed E-state index contributed by atoms with van der Waals surface area (Å²) < 4.78 is 5.02. The van der Waals surface area contributed by atoms with Gasteiger partial charge in [-0.2, -0.15) is 0 Å². The number of rotatable bonds is 3. The van der Waals surface area contributed by atoms with Crippen LogP contribution in [0.15, 0.2) is 0 Å². The number of amides is 1. The van der Waals surface area contributed by atoms with Crippen LogP contribution in [0.1, 0.15) is 20.3 Å². The standard InChI is InChI=1S/C10H20N2O2.ClH/c1-7-4-9(5-11)6-12(7)10(13)8(2)14-3;/h7-9H,4-6,11H2,1-3H3;1H. The summed E-state index contributed by atoms with van der Waals surface area (Å²) in [5.41, 5.74) is 5.60. The summed E-state index contributed by atoms with van der Waals surface area (Å²) in [6.07, 6.45) is 0.674. The molecule has 5 heteroatoms. The van der Waals surface area contributed by atoms with E-state index in [1.807, 2.05) is 4.90 Å². The van der Waals surface area contributed by atoms with Gasteiger partial charge >= 0.3 is 0 Å². The molecule has 90 valence electrons. The molecule has 1 aliphatic heterocycles. The van der Waals surface area contributed by atoms with Crippen molar-refractivity contribution in [3.63, 3.8) is 0 Å². The predicted octanol–water partition coefficient (Wildman–Crippen LogP) is 0.639. The van der Waals surface area contributed by atoms with Crippen LogP contribution in [0.2, 0.25) is 0 Å². The van der Waals surface area contributed by atoms with Gasteiger partial charge < -0.3 is 15.4 Å². The monoisotopic (exact) mass is 236 g/mol. The Kier molecular flexibility index (Phi) is 6.17. The topological polar surface area (TPSA) is 55.6 Å². The summed E-state index contributed by atoms with van der Waals surface area (Å²) >= 11 is 0. The van der Waals surface area contributed by atoms with E-state index in [-0.39, 0.29) is 24.4 Å². The molecule has 0 bridgehead atoms. The maximum atomic E-state index is 11.8. The van der Waals surface area contributed by atoms with E-state index in [1.165, 1.54) is 0 Å². The minimum absolute atomic E-state index is 0. The van der Waals surface area contributed by atoms with Crippen molar-refractivity contribution in [2.45, 2.75) is 32.4 Å². The third kappa shape index (κ3) is 3.33. The first kappa shape index (κ1) is 14.7. The Hall–Kier alpha value is -0.320. The van der Waals surface area contributed by atoms with Gasteiger partial charge in [0.1, 0.15) is 6.10 Å². The van der Waals surface area contributed by atoms with Crippen molar-refractivity contribution in [2.24, 2.45) is 11.7 Å². The number of nitrogens with two attached hydrogens (primary N) is 1. The van der Waals surface area contributed by atoms with Gasteiger partial charge in [0.25, 0.3) is 5.91 Å². The summed E-state index contributed by atoms with van der Waals surface area (Å²) in [7, 11) is 1.56. The van der Waals surface area contributed by atoms with Gasteiger partial charge in [-0.15, -0.1) is 12.4 Å². The van der Waals surface area contributed by atoms with E-state index in [4.69, 9.17) is 10.5 Å². The van der Waals surface area contributed by atoms with Crippen LogP contribution >= 0.6 is 12.4 Å². The normalized spacial score (nSPS) is 27.3. The summed E-state index contributed by atoms with van der Waals surface area (Å²) in [4.78, 5) is 13.7. The maximum absolute atomic E-state index is 11.8. The van der Waals surface area contributed by atoms with Gasteiger partial charge in [-0.3, -0.25) is 4.79 Å². The van der Waals surface area contributed by atoms with E-state index in [1.54, 1.807) is 14.0 Å². The minimum Gasteiger partial charge on any atom is -0.372 e. The zero-order chi connectivity index (χ0) is 10.7. The molecule has 1 fully saturated rings. The van der Waals surface area contributed by atoms with Crippen molar-refractivity contribution in [2.75, 3.05) is 20.2 Å². The fourth-order valence-electron chi connectivity index (χ4n) is 1.95. The second-order valence-corrected chi connectivity index (χ2v) is 4.05. The molecular formula is C10H21ClN2O2. The molecule has 3 unspecified atom stereocenters. The number of likely N-dealkylation sites (tertiary alicyclic amines) is 1. The van der Waals surface area contributed by atoms with Gasteiger partial charge in [0.05, 0.1) is 0 Å². The molecule has 4 nitrogen and oxygen atoms in total. The molecule has 0 saturated carbocycles. The molecule has 0 radical (unpaired) electrons. The van der Waals surface area contributed by atoms with Crippen molar-refractivity contribution in [1.82, 2.24) is 4.90 Å². The largest absolute Gasteiger partial charge is 0.372 e.